The molecule has 4 aromatic rings. The summed E-state index contributed by atoms with van der Waals surface area (Å²) >= 11 is 0. The minimum absolute atomic E-state index is 0.104. The zero-order valence-corrected chi connectivity index (χ0v) is 21.2. The number of rotatable bonds is 5. The number of nitrogens with zero attached hydrogens (tertiary/aromatic N) is 4. The van der Waals surface area contributed by atoms with Crippen molar-refractivity contribution in [2.45, 2.75) is 6.92 Å². The number of nitrogen functional groups attached to an aromatic ring is 1. The van der Waals surface area contributed by atoms with Crippen LogP contribution in [-0.4, -0.2) is 61.3 Å². The molecular weight excluding hydrogens is 468 g/mol. The van der Waals surface area contributed by atoms with Gasteiger partial charge in [0, 0.05) is 37.3 Å². The molecule has 1 aliphatic heterocycles. The molecule has 9 nitrogen and oxygen atoms in total. The number of hydrogen-bond acceptors (Lipinski definition) is 7. The number of methoxy groups -OCH3 is 2. The highest BCUT2D eigenvalue weighted by Gasteiger charge is 2.24. The van der Waals surface area contributed by atoms with E-state index >= 15 is 0 Å². The molecule has 0 spiro atoms. The number of amides is 2. The molecule has 0 atom stereocenters. The fourth-order valence-electron chi connectivity index (χ4n) is 4.61. The zero-order valence-electron chi connectivity index (χ0n) is 21.2. The minimum Gasteiger partial charge on any atom is -0.493 e. The van der Waals surface area contributed by atoms with Crippen LogP contribution in [0, 0.1) is 6.92 Å². The number of nitrogens with one attached hydrogen (secondary N) is 1. The average molecular weight is 499 g/mol. The quantitative estimate of drug-likeness (QED) is 0.416. The van der Waals surface area contributed by atoms with Crippen LogP contribution in [0.1, 0.15) is 5.56 Å². The number of fused-ring (bicyclic) bond motifs is 1. The van der Waals surface area contributed by atoms with Crippen molar-refractivity contribution in [1.82, 2.24) is 14.9 Å². The predicted molar refractivity (Wildman–Crippen MR) is 146 cm³/mol. The monoisotopic (exact) mass is 498 g/mol. The summed E-state index contributed by atoms with van der Waals surface area (Å²) in [6, 6.07) is 19.5. The van der Waals surface area contributed by atoms with Gasteiger partial charge < -0.3 is 30.3 Å². The van der Waals surface area contributed by atoms with Crippen molar-refractivity contribution in [3.63, 3.8) is 0 Å². The molecule has 1 aromatic heterocycles. The maximum absolute atomic E-state index is 12.8. The third kappa shape index (κ3) is 5.06. The largest absolute Gasteiger partial charge is 0.493 e. The van der Waals surface area contributed by atoms with Gasteiger partial charge in [0.2, 0.25) is 5.95 Å². The molecule has 37 heavy (non-hydrogen) atoms. The Morgan fingerprint density at radius 2 is 1.62 bits per heavy atom. The Balaban J connectivity index is 1.38. The molecule has 0 unspecified atom stereocenters. The van der Waals surface area contributed by atoms with E-state index in [4.69, 9.17) is 15.2 Å². The molecule has 1 fully saturated rings. The number of urea groups is 1. The lowest BCUT2D eigenvalue weighted by atomic mass is 10.0. The molecule has 1 aliphatic rings. The molecule has 0 bridgehead atoms. The summed E-state index contributed by atoms with van der Waals surface area (Å²) in [5, 5.41) is 3.89. The van der Waals surface area contributed by atoms with Gasteiger partial charge in [-0.2, -0.15) is 4.98 Å². The van der Waals surface area contributed by atoms with Gasteiger partial charge in [0.05, 0.1) is 19.7 Å². The predicted octanol–water partition coefficient (Wildman–Crippen LogP) is 4.56. The molecule has 190 valence electrons. The van der Waals surface area contributed by atoms with Crippen molar-refractivity contribution in [3.05, 3.63) is 66.2 Å². The summed E-state index contributed by atoms with van der Waals surface area (Å²) in [5.41, 5.74) is 10.7. The molecule has 3 aromatic carbocycles. The number of aromatic nitrogens is 2. The fraction of sp³-hybridized carbons (Fsp3) is 0.250. The van der Waals surface area contributed by atoms with Crippen molar-refractivity contribution in [1.29, 1.82) is 0 Å². The van der Waals surface area contributed by atoms with Gasteiger partial charge in [0.25, 0.3) is 0 Å². The number of carbonyl (C=O) groups is 1. The number of nitrogens with two attached hydrogens (primary N) is 1. The fourth-order valence-corrected chi connectivity index (χ4v) is 4.61. The van der Waals surface area contributed by atoms with Crippen molar-refractivity contribution >= 4 is 34.4 Å². The van der Waals surface area contributed by atoms with Crippen LogP contribution in [-0.2, 0) is 0 Å². The Morgan fingerprint density at radius 1 is 0.892 bits per heavy atom. The van der Waals surface area contributed by atoms with Crippen molar-refractivity contribution in [3.8, 4) is 22.6 Å². The first-order chi connectivity index (χ1) is 17.9. The number of aryl methyl sites for hydroxylation is 1. The lowest BCUT2D eigenvalue weighted by molar-refractivity contribution is 0.208. The molecular formula is C28H30N6O3. The van der Waals surface area contributed by atoms with Crippen molar-refractivity contribution in [2.24, 2.45) is 0 Å². The number of hydrogen-bond donors (Lipinski definition) is 2. The topological polar surface area (TPSA) is 106 Å². The van der Waals surface area contributed by atoms with E-state index in [1.165, 1.54) is 0 Å². The van der Waals surface area contributed by atoms with E-state index in [1.807, 2.05) is 66.4 Å². The molecule has 0 saturated carbocycles. The summed E-state index contributed by atoms with van der Waals surface area (Å²) in [6.07, 6.45) is 0. The number of carbonyl (C=O) groups excluding carboxylic acids is 1. The summed E-state index contributed by atoms with van der Waals surface area (Å²) in [6.45, 7) is 4.40. The van der Waals surface area contributed by atoms with Gasteiger partial charge in [-0.15, -0.1) is 0 Å². The smallest absolute Gasteiger partial charge is 0.321 e. The van der Waals surface area contributed by atoms with Gasteiger partial charge in [0.15, 0.2) is 11.5 Å². The summed E-state index contributed by atoms with van der Waals surface area (Å²) in [7, 11) is 3.24. The van der Waals surface area contributed by atoms with Crippen molar-refractivity contribution in [2.75, 3.05) is 56.3 Å². The molecule has 2 heterocycles. The Morgan fingerprint density at radius 3 is 2.35 bits per heavy atom. The molecule has 0 aliphatic carbocycles. The molecule has 5 rings (SSSR count). The summed E-state index contributed by atoms with van der Waals surface area (Å²) < 4.78 is 10.9. The van der Waals surface area contributed by atoms with Gasteiger partial charge in [0.1, 0.15) is 5.82 Å². The average Bonchev–Trinajstić information content (AvgIpc) is 2.92. The van der Waals surface area contributed by atoms with Crippen molar-refractivity contribution < 1.29 is 14.3 Å². The van der Waals surface area contributed by atoms with Gasteiger partial charge in [-0.05, 0) is 60.0 Å². The number of anilines is 3. The Bertz CT molecular complexity index is 1450. The van der Waals surface area contributed by atoms with Crippen LogP contribution in [0.5, 0.6) is 11.5 Å². The van der Waals surface area contributed by atoms with Gasteiger partial charge in [-0.3, -0.25) is 0 Å². The summed E-state index contributed by atoms with van der Waals surface area (Å²) in [5.74, 6) is 2.33. The third-order valence-corrected chi connectivity index (χ3v) is 6.55. The highest BCUT2D eigenvalue weighted by atomic mass is 16.5. The molecule has 1 saturated heterocycles. The summed E-state index contributed by atoms with van der Waals surface area (Å²) in [4.78, 5) is 25.8. The van der Waals surface area contributed by atoms with Crippen LogP contribution in [0.15, 0.2) is 60.7 Å². The van der Waals surface area contributed by atoms with Crippen LogP contribution in [0.4, 0.5) is 22.2 Å². The first-order valence-corrected chi connectivity index (χ1v) is 12.1. The van der Waals surface area contributed by atoms with E-state index in [9.17, 15) is 4.79 Å². The second-order valence-electron chi connectivity index (χ2n) is 8.98. The lowest BCUT2D eigenvalue weighted by Gasteiger charge is -2.35. The minimum atomic E-state index is -0.104. The Labute approximate surface area is 215 Å². The van der Waals surface area contributed by atoms with Crippen LogP contribution >= 0.6 is 0 Å². The SMILES string of the molecule is COc1ccc(-c2ccc3nc(N)nc(N4CCN(C(=O)Nc5cccc(C)c5)CC4)c3c2)cc1OC. The molecule has 3 N–H and O–H groups in total. The second-order valence-corrected chi connectivity index (χ2v) is 8.98. The maximum Gasteiger partial charge on any atom is 0.321 e. The van der Waals surface area contributed by atoms with E-state index in [-0.39, 0.29) is 12.0 Å². The first kappa shape index (κ1) is 24.2. The number of ether oxygens (including phenoxy) is 2. The lowest BCUT2D eigenvalue weighted by Crippen LogP contribution is -2.50. The van der Waals surface area contributed by atoms with Crippen LogP contribution < -0.4 is 25.4 Å². The van der Waals surface area contributed by atoms with Gasteiger partial charge in [-0.25, -0.2) is 9.78 Å². The van der Waals surface area contributed by atoms with Gasteiger partial charge >= 0.3 is 6.03 Å². The van der Waals surface area contributed by atoms with Crippen LogP contribution in [0.2, 0.25) is 0 Å². The third-order valence-electron chi connectivity index (χ3n) is 6.55. The number of piperazine rings is 1. The Hall–Kier alpha value is -4.53. The first-order valence-electron chi connectivity index (χ1n) is 12.1. The number of benzene rings is 3. The van der Waals surface area contributed by atoms with Crippen LogP contribution in [0.3, 0.4) is 0 Å². The zero-order chi connectivity index (χ0) is 25.9. The second kappa shape index (κ2) is 10.2. The van der Waals surface area contributed by atoms with Crippen LogP contribution in [0.25, 0.3) is 22.0 Å². The van der Waals surface area contributed by atoms with E-state index in [2.05, 4.69) is 26.3 Å². The van der Waals surface area contributed by atoms with Gasteiger partial charge in [-0.1, -0.05) is 24.3 Å². The van der Waals surface area contributed by atoms with E-state index in [1.54, 1.807) is 14.2 Å². The molecule has 0 radical (unpaired) electrons. The molecule has 9 heteroatoms. The van der Waals surface area contributed by atoms with E-state index < -0.39 is 0 Å². The normalized spacial score (nSPS) is 13.5. The standard InChI is InChI=1S/C28H30N6O3/c1-18-5-4-6-21(15-18)30-28(35)34-13-11-33(12-14-34)26-22-16-19(7-9-23(22)31-27(29)32-26)20-8-10-24(36-2)25(17-20)37-3/h4-10,15-17H,11-14H2,1-3H3,(H,30,35)(H2,29,31,32). The highest BCUT2D eigenvalue weighted by molar-refractivity contribution is 5.94. The molecule has 2 amide bonds. The highest BCUT2D eigenvalue weighted by Crippen LogP contribution is 2.35. The van der Waals surface area contributed by atoms with E-state index in [0.717, 1.165) is 39.1 Å². The van der Waals surface area contributed by atoms with E-state index in [0.29, 0.717) is 37.7 Å². The Kier molecular flexibility index (Phi) is 6.68. The maximum atomic E-state index is 12.8.